The lowest BCUT2D eigenvalue weighted by Gasteiger charge is -2.27. The molecule has 0 bridgehead atoms. The predicted octanol–water partition coefficient (Wildman–Crippen LogP) is 2.32. The number of carbonyl (C=O) groups is 2. The molecule has 0 saturated heterocycles. The Morgan fingerprint density at radius 1 is 1.20 bits per heavy atom. The van der Waals surface area contributed by atoms with Gasteiger partial charge in [0.15, 0.2) is 0 Å². The van der Waals surface area contributed by atoms with Gasteiger partial charge in [0.05, 0.1) is 0 Å². The van der Waals surface area contributed by atoms with Crippen molar-refractivity contribution in [2.45, 2.75) is 52.0 Å². The van der Waals surface area contributed by atoms with Crippen molar-refractivity contribution >= 4 is 12.0 Å². The van der Waals surface area contributed by atoms with Crippen LogP contribution in [-0.2, 0) is 4.79 Å². The van der Waals surface area contributed by atoms with Crippen molar-refractivity contribution in [2.24, 2.45) is 17.8 Å². The van der Waals surface area contributed by atoms with Gasteiger partial charge in [0.1, 0.15) is 6.04 Å². The fraction of sp³-hybridized carbons (Fsp3) is 0.867. The Bertz CT molecular complexity index is 350. The second kappa shape index (κ2) is 6.46. The highest BCUT2D eigenvalue weighted by atomic mass is 16.4. The van der Waals surface area contributed by atoms with Crippen LogP contribution in [0.15, 0.2) is 0 Å². The molecule has 2 aliphatic carbocycles. The highest BCUT2D eigenvalue weighted by molar-refractivity contribution is 5.82. The average molecular weight is 282 g/mol. The second-order valence-electron chi connectivity index (χ2n) is 6.44. The molecule has 0 aromatic carbocycles. The molecule has 0 aliphatic heterocycles. The SMILES string of the molecule is CCC(C)C(NC(=O)N(CC1CC1)CC1CC1)C(=O)O. The second-order valence-corrected chi connectivity index (χ2v) is 6.44. The Kier molecular flexibility index (Phi) is 4.89. The van der Waals surface area contributed by atoms with Gasteiger partial charge in [-0.05, 0) is 43.4 Å². The maximum atomic E-state index is 12.4. The Balaban J connectivity index is 1.91. The van der Waals surface area contributed by atoms with Crippen LogP contribution >= 0.6 is 0 Å². The van der Waals surface area contributed by atoms with Crippen molar-refractivity contribution in [3.63, 3.8) is 0 Å². The summed E-state index contributed by atoms with van der Waals surface area (Å²) in [6.07, 6.45) is 5.52. The normalized spacial score (nSPS) is 21.1. The number of aliphatic carboxylic acids is 1. The standard InChI is InChI=1S/C15H26N2O3/c1-3-10(2)13(14(18)19)16-15(20)17(8-11-4-5-11)9-12-6-7-12/h10-13H,3-9H2,1-2H3,(H,16,20)(H,18,19). The summed E-state index contributed by atoms with van der Waals surface area (Å²) in [6.45, 7) is 5.38. The summed E-state index contributed by atoms with van der Waals surface area (Å²) >= 11 is 0. The first-order chi connectivity index (χ1) is 9.51. The first-order valence-electron chi connectivity index (χ1n) is 7.79. The molecule has 2 aliphatic rings. The molecule has 114 valence electrons. The number of amides is 2. The molecular formula is C15H26N2O3. The van der Waals surface area contributed by atoms with Gasteiger partial charge in [0.2, 0.25) is 0 Å². The van der Waals surface area contributed by atoms with Crippen molar-refractivity contribution in [3.05, 3.63) is 0 Å². The summed E-state index contributed by atoms with van der Waals surface area (Å²) in [5.74, 6) is 0.267. The van der Waals surface area contributed by atoms with Crippen LogP contribution in [0.5, 0.6) is 0 Å². The largest absolute Gasteiger partial charge is 0.480 e. The first kappa shape index (κ1) is 15.1. The Hall–Kier alpha value is -1.26. The molecule has 0 aromatic heterocycles. The smallest absolute Gasteiger partial charge is 0.326 e. The molecule has 2 saturated carbocycles. The molecule has 5 heteroatoms. The minimum Gasteiger partial charge on any atom is -0.480 e. The predicted molar refractivity (Wildman–Crippen MR) is 76.4 cm³/mol. The van der Waals surface area contributed by atoms with Crippen molar-refractivity contribution in [3.8, 4) is 0 Å². The van der Waals surface area contributed by atoms with Crippen LogP contribution in [0.4, 0.5) is 4.79 Å². The number of carbonyl (C=O) groups excluding carboxylic acids is 1. The molecule has 0 aromatic rings. The van der Waals surface area contributed by atoms with Crippen molar-refractivity contribution in [1.82, 2.24) is 10.2 Å². The van der Waals surface area contributed by atoms with E-state index in [-0.39, 0.29) is 11.9 Å². The van der Waals surface area contributed by atoms with Gasteiger partial charge in [0, 0.05) is 13.1 Å². The van der Waals surface area contributed by atoms with Crippen molar-refractivity contribution in [1.29, 1.82) is 0 Å². The number of urea groups is 1. The lowest BCUT2D eigenvalue weighted by Crippen LogP contribution is -2.51. The van der Waals surface area contributed by atoms with Crippen LogP contribution in [-0.4, -0.2) is 41.1 Å². The monoisotopic (exact) mass is 282 g/mol. The molecule has 2 N–H and O–H groups in total. The van der Waals surface area contributed by atoms with Gasteiger partial charge < -0.3 is 15.3 Å². The Morgan fingerprint density at radius 2 is 1.70 bits per heavy atom. The number of carboxylic acids is 1. The van der Waals surface area contributed by atoms with Crippen LogP contribution in [0.25, 0.3) is 0 Å². The summed E-state index contributed by atoms with van der Waals surface area (Å²) in [7, 11) is 0. The van der Waals surface area contributed by atoms with Crippen LogP contribution in [0.2, 0.25) is 0 Å². The van der Waals surface area contributed by atoms with Crippen LogP contribution in [0.1, 0.15) is 46.0 Å². The third kappa shape index (κ3) is 4.39. The molecule has 0 heterocycles. The van der Waals surface area contributed by atoms with Gasteiger partial charge >= 0.3 is 12.0 Å². The Morgan fingerprint density at radius 3 is 2.05 bits per heavy atom. The van der Waals surface area contributed by atoms with Crippen molar-refractivity contribution in [2.75, 3.05) is 13.1 Å². The lowest BCUT2D eigenvalue weighted by atomic mass is 9.99. The maximum absolute atomic E-state index is 12.4. The minimum absolute atomic E-state index is 0.0554. The molecule has 0 radical (unpaired) electrons. The van der Waals surface area contributed by atoms with E-state index in [4.69, 9.17) is 0 Å². The molecule has 20 heavy (non-hydrogen) atoms. The first-order valence-corrected chi connectivity index (χ1v) is 7.79. The van der Waals surface area contributed by atoms with E-state index < -0.39 is 12.0 Å². The molecule has 2 unspecified atom stereocenters. The number of hydrogen-bond donors (Lipinski definition) is 2. The minimum atomic E-state index is -0.939. The lowest BCUT2D eigenvalue weighted by molar-refractivity contribution is -0.140. The van der Waals surface area contributed by atoms with E-state index in [9.17, 15) is 14.7 Å². The summed E-state index contributed by atoms with van der Waals surface area (Å²) in [5, 5.41) is 12.0. The summed E-state index contributed by atoms with van der Waals surface area (Å²) < 4.78 is 0. The van der Waals surface area contributed by atoms with Gasteiger partial charge in [0.25, 0.3) is 0 Å². The van der Waals surface area contributed by atoms with E-state index in [0.717, 1.165) is 19.5 Å². The van der Waals surface area contributed by atoms with E-state index in [1.54, 1.807) is 0 Å². The molecule has 2 amide bonds. The third-order valence-electron chi connectivity index (χ3n) is 4.40. The fourth-order valence-corrected chi connectivity index (χ4v) is 2.37. The van der Waals surface area contributed by atoms with E-state index >= 15 is 0 Å². The highest BCUT2D eigenvalue weighted by Crippen LogP contribution is 2.33. The number of nitrogens with zero attached hydrogens (tertiary/aromatic N) is 1. The van der Waals surface area contributed by atoms with E-state index in [1.165, 1.54) is 25.7 Å². The average Bonchev–Trinajstić information content (AvgIpc) is 3.28. The van der Waals surface area contributed by atoms with Crippen LogP contribution in [0.3, 0.4) is 0 Å². The van der Waals surface area contributed by atoms with Gasteiger partial charge in [-0.1, -0.05) is 20.3 Å². The quantitative estimate of drug-likeness (QED) is 0.718. The molecule has 2 fully saturated rings. The zero-order chi connectivity index (χ0) is 14.7. The van der Waals surface area contributed by atoms with Gasteiger partial charge in [-0.15, -0.1) is 0 Å². The highest BCUT2D eigenvalue weighted by Gasteiger charge is 2.33. The van der Waals surface area contributed by atoms with Crippen LogP contribution < -0.4 is 5.32 Å². The van der Waals surface area contributed by atoms with Gasteiger partial charge in [-0.3, -0.25) is 0 Å². The van der Waals surface area contributed by atoms with E-state index in [1.807, 2.05) is 18.7 Å². The van der Waals surface area contributed by atoms with Gasteiger partial charge in [-0.2, -0.15) is 0 Å². The zero-order valence-electron chi connectivity index (χ0n) is 12.5. The third-order valence-corrected chi connectivity index (χ3v) is 4.40. The van der Waals surface area contributed by atoms with E-state index in [0.29, 0.717) is 11.8 Å². The van der Waals surface area contributed by atoms with Crippen molar-refractivity contribution < 1.29 is 14.7 Å². The number of carboxylic acid groups (broad SMARTS) is 1. The summed E-state index contributed by atoms with van der Waals surface area (Å²) in [6, 6.07) is -0.982. The van der Waals surface area contributed by atoms with Gasteiger partial charge in [-0.25, -0.2) is 9.59 Å². The molecule has 5 nitrogen and oxygen atoms in total. The molecule has 2 rings (SSSR count). The maximum Gasteiger partial charge on any atom is 0.326 e. The molecule has 0 spiro atoms. The Labute approximate surface area is 120 Å². The number of nitrogens with one attached hydrogen (secondary N) is 1. The fourth-order valence-electron chi connectivity index (χ4n) is 2.37. The van der Waals surface area contributed by atoms with E-state index in [2.05, 4.69) is 5.32 Å². The number of hydrogen-bond acceptors (Lipinski definition) is 2. The number of rotatable bonds is 8. The molecule has 2 atom stereocenters. The molecular weight excluding hydrogens is 256 g/mol. The van der Waals surface area contributed by atoms with Crippen LogP contribution in [0, 0.1) is 17.8 Å². The summed E-state index contributed by atoms with van der Waals surface area (Å²) in [4.78, 5) is 25.5. The zero-order valence-corrected chi connectivity index (χ0v) is 12.5. The topological polar surface area (TPSA) is 69.6 Å². The summed E-state index contributed by atoms with van der Waals surface area (Å²) in [5.41, 5.74) is 0.